The molecule has 0 bridgehead atoms. The first kappa shape index (κ1) is 14.6. The van der Waals surface area contributed by atoms with E-state index in [1.807, 2.05) is 60.7 Å². The van der Waals surface area contributed by atoms with Gasteiger partial charge in [-0.3, -0.25) is 0 Å². The molecular formula is C19H15N3O. The first-order chi connectivity index (χ1) is 11.3. The highest BCUT2D eigenvalue weighted by molar-refractivity contribution is 5.68. The van der Waals surface area contributed by atoms with Crippen LogP contribution in [0.2, 0.25) is 0 Å². The molecule has 1 aromatic heterocycles. The Kier molecular flexibility index (Phi) is 4.21. The zero-order chi connectivity index (χ0) is 16.1. The van der Waals surface area contributed by atoms with Crippen molar-refractivity contribution in [2.45, 2.75) is 0 Å². The van der Waals surface area contributed by atoms with E-state index in [4.69, 9.17) is 4.74 Å². The zero-order valence-electron chi connectivity index (χ0n) is 12.7. The molecule has 3 rings (SSSR count). The fraction of sp³-hybridized carbons (Fsp3) is 0.0526. The van der Waals surface area contributed by atoms with Gasteiger partial charge in [0.25, 0.3) is 0 Å². The predicted octanol–water partition coefficient (Wildman–Crippen LogP) is 4.37. The minimum Gasteiger partial charge on any atom is -0.497 e. The lowest BCUT2D eigenvalue weighted by Crippen LogP contribution is -1.98. The van der Waals surface area contributed by atoms with Gasteiger partial charge in [-0.1, -0.05) is 18.2 Å². The molecule has 23 heavy (non-hydrogen) atoms. The third-order valence-electron chi connectivity index (χ3n) is 3.44. The van der Waals surface area contributed by atoms with Gasteiger partial charge < -0.3 is 10.1 Å². The highest BCUT2D eigenvalue weighted by Crippen LogP contribution is 2.25. The number of rotatable bonds is 4. The number of pyridine rings is 1. The fourth-order valence-corrected chi connectivity index (χ4v) is 2.23. The number of ether oxygens (including phenoxy) is 1. The summed E-state index contributed by atoms with van der Waals surface area (Å²) >= 11 is 0. The largest absolute Gasteiger partial charge is 0.497 e. The molecule has 0 aliphatic rings. The van der Waals surface area contributed by atoms with Gasteiger partial charge in [-0.25, -0.2) is 4.98 Å². The second-order valence-electron chi connectivity index (χ2n) is 4.92. The first-order valence-electron chi connectivity index (χ1n) is 7.18. The van der Waals surface area contributed by atoms with Crippen LogP contribution in [-0.2, 0) is 0 Å². The van der Waals surface area contributed by atoms with E-state index in [1.54, 1.807) is 13.2 Å². The van der Waals surface area contributed by atoms with Gasteiger partial charge in [0.2, 0.25) is 0 Å². The van der Waals surface area contributed by atoms with Crippen LogP contribution in [0.5, 0.6) is 5.75 Å². The average Bonchev–Trinajstić information content (AvgIpc) is 2.62. The van der Waals surface area contributed by atoms with Crippen molar-refractivity contribution in [2.75, 3.05) is 12.4 Å². The molecule has 1 N–H and O–H groups in total. The Balaban J connectivity index is 1.96. The first-order valence-corrected chi connectivity index (χ1v) is 7.18. The summed E-state index contributed by atoms with van der Waals surface area (Å²) in [5.74, 6) is 1.34. The monoisotopic (exact) mass is 301 g/mol. The molecule has 3 aromatic rings. The van der Waals surface area contributed by atoms with Crippen LogP contribution in [0.15, 0.2) is 66.7 Å². The molecule has 4 nitrogen and oxygen atoms in total. The molecule has 1 heterocycles. The van der Waals surface area contributed by atoms with E-state index in [1.165, 1.54) is 0 Å². The molecule has 0 unspecified atom stereocenters. The van der Waals surface area contributed by atoms with Gasteiger partial charge in [0.05, 0.1) is 18.4 Å². The summed E-state index contributed by atoms with van der Waals surface area (Å²) < 4.78 is 5.17. The summed E-state index contributed by atoms with van der Waals surface area (Å²) in [6.45, 7) is 0. The molecule has 0 spiro atoms. The highest BCUT2D eigenvalue weighted by atomic mass is 16.5. The van der Waals surface area contributed by atoms with Gasteiger partial charge in [0.15, 0.2) is 0 Å². The van der Waals surface area contributed by atoms with Gasteiger partial charge in [-0.05, 0) is 48.5 Å². The van der Waals surface area contributed by atoms with E-state index >= 15 is 0 Å². The molecule has 0 aliphatic heterocycles. The second-order valence-corrected chi connectivity index (χ2v) is 4.92. The second kappa shape index (κ2) is 6.63. The van der Waals surface area contributed by atoms with Crippen molar-refractivity contribution in [3.05, 3.63) is 72.3 Å². The van der Waals surface area contributed by atoms with E-state index in [0.29, 0.717) is 11.4 Å². The van der Waals surface area contributed by atoms with Crippen LogP contribution >= 0.6 is 0 Å². The summed E-state index contributed by atoms with van der Waals surface area (Å²) in [4.78, 5) is 4.59. The summed E-state index contributed by atoms with van der Waals surface area (Å²) in [6, 6.07) is 23.1. The van der Waals surface area contributed by atoms with Crippen molar-refractivity contribution in [1.29, 1.82) is 5.26 Å². The average molecular weight is 301 g/mol. The Labute approximate surface area is 135 Å². The Hall–Kier alpha value is -3.32. The number of nitrogens with zero attached hydrogens (tertiary/aromatic N) is 2. The molecule has 0 saturated heterocycles. The molecule has 0 aliphatic carbocycles. The van der Waals surface area contributed by atoms with Gasteiger partial charge >= 0.3 is 0 Å². The normalized spacial score (nSPS) is 9.91. The van der Waals surface area contributed by atoms with Gasteiger partial charge in [0.1, 0.15) is 17.6 Å². The van der Waals surface area contributed by atoms with Gasteiger partial charge in [-0.2, -0.15) is 5.26 Å². The molecule has 0 atom stereocenters. The Morgan fingerprint density at radius 2 is 1.70 bits per heavy atom. The van der Waals surface area contributed by atoms with Crippen molar-refractivity contribution < 1.29 is 4.74 Å². The number of benzene rings is 2. The van der Waals surface area contributed by atoms with E-state index in [0.717, 1.165) is 22.7 Å². The van der Waals surface area contributed by atoms with E-state index in [-0.39, 0.29) is 0 Å². The number of nitriles is 1. The summed E-state index contributed by atoms with van der Waals surface area (Å²) in [5, 5.41) is 12.5. The summed E-state index contributed by atoms with van der Waals surface area (Å²) in [6.07, 6.45) is 0. The number of methoxy groups -OCH3 is 1. The van der Waals surface area contributed by atoms with Crippen LogP contribution in [0.4, 0.5) is 11.5 Å². The Bertz CT molecular complexity index is 837. The zero-order valence-corrected chi connectivity index (χ0v) is 12.7. The number of para-hydroxylation sites is 1. The lowest BCUT2D eigenvalue weighted by Gasteiger charge is -2.10. The summed E-state index contributed by atoms with van der Waals surface area (Å²) in [5.41, 5.74) is 3.16. The standard InChI is InChI=1S/C19H15N3O/c1-23-17-10-7-14(8-11-17)18-12-9-15(13-20)19(22-18)21-16-5-3-2-4-6-16/h2-12H,1H3,(H,21,22). The van der Waals surface area contributed by atoms with Gasteiger partial charge in [-0.15, -0.1) is 0 Å². The maximum Gasteiger partial charge on any atom is 0.149 e. The minimum absolute atomic E-state index is 0.506. The highest BCUT2D eigenvalue weighted by Gasteiger charge is 2.08. The number of hydrogen-bond donors (Lipinski definition) is 1. The number of nitrogens with one attached hydrogen (secondary N) is 1. The fourth-order valence-electron chi connectivity index (χ4n) is 2.23. The van der Waals surface area contributed by atoms with Crippen molar-refractivity contribution in [2.24, 2.45) is 0 Å². The quantitative estimate of drug-likeness (QED) is 0.777. The minimum atomic E-state index is 0.506. The number of aromatic nitrogens is 1. The Morgan fingerprint density at radius 3 is 2.35 bits per heavy atom. The third-order valence-corrected chi connectivity index (χ3v) is 3.44. The van der Waals surface area contributed by atoms with Crippen LogP contribution in [0.1, 0.15) is 5.56 Å². The van der Waals surface area contributed by atoms with Crippen molar-refractivity contribution in [3.8, 4) is 23.1 Å². The van der Waals surface area contributed by atoms with Crippen LogP contribution in [-0.4, -0.2) is 12.1 Å². The molecule has 4 heteroatoms. The predicted molar refractivity (Wildman–Crippen MR) is 90.7 cm³/mol. The maximum absolute atomic E-state index is 9.28. The molecule has 0 fully saturated rings. The van der Waals surface area contributed by atoms with Crippen molar-refractivity contribution >= 4 is 11.5 Å². The van der Waals surface area contributed by atoms with Crippen LogP contribution in [0, 0.1) is 11.3 Å². The van der Waals surface area contributed by atoms with Crippen LogP contribution < -0.4 is 10.1 Å². The van der Waals surface area contributed by atoms with E-state index < -0.39 is 0 Å². The maximum atomic E-state index is 9.28. The lowest BCUT2D eigenvalue weighted by molar-refractivity contribution is 0.415. The van der Waals surface area contributed by atoms with E-state index in [2.05, 4.69) is 16.4 Å². The molecule has 112 valence electrons. The molecule has 0 radical (unpaired) electrons. The Morgan fingerprint density at radius 1 is 0.957 bits per heavy atom. The topological polar surface area (TPSA) is 57.9 Å². The smallest absolute Gasteiger partial charge is 0.149 e. The molecular weight excluding hydrogens is 286 g/mol. The molecule has 0 amide bonds. The van der Waals surface area contributed by atoms with Crippen molar-refractivity contribution in [3.63, 3.8) is 0 Å². The van der Waals surface area contributed by atoms with E-state index in [9.17, 15) is 5.26 Å². The molecule has 0 saturated carbocycles. The SMILES string of the molecule is COc1ccc(-c2ccc(C#N)c(Nc3ccccc3)n2)cc1. The van der Waals surface area contributed by atoms with Crippen LogP contribution in [0.3, 0.4) is 0 Å². The molecule has 2 aromatic carbocycles. The summed E-state index contributed by atoms with van der Waals surface area (Å²) in [7, 11) is 1.64. The van der Waals surface area contributed by atoms with Gasteiger partial charge in [0, 0.05) is 11.3 Å². The van der Waals surface area contributed by atoms with Crippen LogP contribution in [0.25, 0.3) is 11.3 Å². The lowest BCUT2D eigenvalue weighted by atomic mass is 10.1. The third kappa shape index (κ3) is 3.30. The number of anilines is 2. The van der Waals surface area contributed by atoms with Crippen molar-refractivity contribution in [1.82, 2.24) is 4.98 Å². The number of hydrogen-bond acceptors (Lipinski definition) is 4.